The molecule has 1 aromatic heterocycles. The average Bonchev–Trinajstić information content (AvgIpc) is 2.78. The van der Waals surface area contributed by atoms with Gasteiger partial charge >= 0.3 is 0 Å². The third-order valence-electron chi connectivity index (χ3n) is 3.87. The fourth-order valence-electron chi connectivity index (χ4n) is 2.58. The summed E-state index contributed by atoms with van der Waals surface area (Å²) in [5, 5.41) is 11.0. The molecule has 0 amide bonds. The molecule has 96 valence electrons. The molecule has 4 heteroatoms. The van der Waals surface area contributed by atoms with E-state index in [0.29, 0.717) is 0 Å². The SMILES string of the molecule is CC1=CC(Nc2n[nH]c3c2CCCC3)=CCN1C. The maximum absolute atomic E-state index is 4.42. The lowest BCUT2D eigenvalue weighted by atomic mass is 9.97. The summed E-state index contributed by atoms with van der Waals surface area (Å²) in [6.45, 7) is 3.09. The average molecular weight is 244 g/mol. The molecule has 1 aliphatic carbocycles. The fourth-order valence-corrected chi connectivity index (χ4v) is 2.58. The van der Waals surface area contributed by atoms with Crippen LogP contribution in [0.1, 0.15) is 31.0 Å². The van der Waals surface area contributed by atoms with E-state index >= 15 is 0 Å². The number of aromatic amines is 1. The predicted molar refractivity (Wildman–Crippen MR) is 73.3 cm³/mol. The Hall–Kier alpha value is -1.71. The molecule has 0 spiro atoms. The Labute approximate surface area is 108 Å². The number of aryl methyl sites for hydroxylation is 1. The first-order valence-electron chi connectivity index (χ1n) is 6.67. The zero-order valence-electron chi connectivity index (χ0n) is 11.1. The highest BCUT2D eigenvalue weighted by Crippen LogP contribution is 2.27. The first-order chi connectivity index (χ1) is 8.74. The van der Waals surface area contributed by atoms with Crippen molar-refractivity contribution in [1.29, 1.82) is 0 Å². The molecular weight excluding hydrogens is 224 g/mol. The highest BCUT2D eigenvalue weighted by molar-refractivity contribution is 5.54. The highest BCUT2D eigenvalue weighted by atomic mass is 15.2. The minimum Gasteiger partial charge on any atom is -0.374 e. The monoisotopic (exact) mass is 244 g/mol. The Morgan fingerprint density at radius 2 is 2.17 bits per heavy atom. The van der Waals surface area contributed by atoms with Gasteiger partial charge in [0.15, 0.2) is 5.82 Å². The Morgan fingerprint density at radius 1 is 1.33 bits per heavy atom. The number of hydrogen-bond donors (Lipinski definition) is 2. The van der Waals surface area contributed by atoms with E-state index in [0.717, 1.165) is 30.9 Å². The van der Waals surface area contributed by atoms with Crippen LogP contribution in [-0.2, 0) is 12.8 Å². The van der Waals surface area contributed by atoms with Gasteiger partial charge in [0.1, 0.15) is 0 Å². The maximum atomic E-state index is 4.42. The van der Waals surface area contributed by atoms with Gasteiger partial charge in [-0.2, -0.15) is 5.10 Å². The van der Waals surface area contributed by atoms with Gasteiger partial charge in [0, 0.05) is 36.2 Å². The van der Waals surface area contributed by atoms with Gasteiger partial charge in [-0.3, -0.25) is 5.10 Å². The summed E-state index contributed by atoms with van der Waals surface area (Å²) < 4.78 is 0. The zero-order chi connectivity index (χ0) is 12.5. The van der Waals surface area contributed by atoms with E-state index < -0.39 is 0 Å². The van der Waals surface area contributed by atoms with Crippen molar-refractivity contribution in [3.63, 3.8) is 0 Å². The van der Waals surface area contributed by atoms with Crippen molar-refractivity contribution in [3.8, 4) is 0 Å². The van der Waals surface area contributed by atoms with E-state index in [9.17, 15) is 0 Å². The van der Waals surface area contributed by atoms with Gasteiger partial charge in [-0.1, -0.05) is 0 Å². The Balaban J connectivity index is 1.80. The van der Waals surface area contributed by atoms with Gasteiger partial charge in [-0.05, 0) is 44.8 Å². The standard InChI is InChI=1S/C14H20N4/c1-10-9-11(7-8-18(10)2)15-14-12-5-3-4-6-13(12)16-17-14/h7,9H,3-6,8H2,1-2H3,(H2,15,16,17). The lowest BCUT2D eigenvalue weighted by Crippen LogP contribution is -2.21. The van der Waals surface area contributed by atoms with Crippen LogP contribution in [0.5, 0.6) is 0 Å². The number of H-pyrrole nitrogens is 1. The molecular formula is C14H20N4. The van der Waals surface area contributed by atoms with Gasteiger partial charge in [-0.25, -0.2) is 0 Å². The van der Waals surface area contributed by atoms with E-state index in [1.54, 1.807) is 0 Å². The van der Waals surface area contributed by atoms with Crippen LogP contribution in [0.2, 0.25) is 0 Å². The highest BCUT2D eigenvalue weighted by Gasteiger charge is 2.17. The van der Waals surface area contributed by atoms with Gasteiger partial charge in [0.2, 0.25) is 0 Å². The van der Waals surface area contributed by atoms with E-state index in [2.05, 4.69) is 46.5 Å². The smallest absolute Gasteiger partial charge is 0.155 e. The topological polar surface area (TPSA) is 44.0 Å². The summed E-state index contributed by atoms with van der Waals surface area (Å²) in [4.78, 5) is 2.23. The first kappa shape index (κ1) is 11.4. The van der Waals surface area contributed by atoms with E-state index in [-0.39, 0.29) is 0 Å². The van der Waals surface area contributed by atoms with Crippen molar-refractivity contribution in [2.24, 2.45) is 0 Å². The molecule has 0 saturated carbocycles. The molecule has 2 heterocycles. The van der Waals surface area contributed by atoms with Crippen LogP contribution in [0.3, 0.4) is 0 Å². The summed E-state index contributed by atoms with van der Waals surface area (Å²) in [6, 6.07) is 0. The van der Waals surface area contributed by atoms with Crippen LogP contribution in [-0.4, -0.2) is 28.7 Å². The molecule has 2 aliphatic rings. The van der Waals surface area contributed by atoms with Crippen molar-refractivity contribution in [3.05, 3.63) is 34.8 Å². The van der Waals surface area contributed by atoms with Crippen LogP contribution >= 0.6 is 0 Å². The molecule has 18 heavy (non-hydrogen) atoms. The molecule has 0 saturated heterocycles. The number of allylic oxidation sites excluding steroid dienone is 2. The van der Waals surface area contributed by atoms with Crippen LogP contribution in [0.15, 0.2) is 23.5 Å². The maximum Gasteiger partial charge on any atom is 0.155 e. The lowest BCUT2D eigenvalue weighted by molar-refractivity contribution is 0.458. The van der Waals surface area contributed by atoms with Crippen molar-refractivity contribution in [2.75, 3.05) is 18.9 Å². The van der Waals surface area contributed by atoms with Gasteiger partial charge in [0.05, 0.1) is 0 Å². The Morgan fingerprint density at radius 3 is 3.00 bits per heavy atom. The molecule has 0 unspecified atom stereocenters. The first-order valence-corrected chi connectivity index (χ1v) is 6.67. The number of nitrogens with one attached hydrogen (secondary N) is 2. The van der Waals surface area contributed by atoms with Gasteiger partial charge in [0.25, 0.3) is 0 Å². The molecule has 0 aromatic carbocycles. The van der Waals surface area contributed by atoms with Crippen LogP contribution in [0.25, 0.3) is 0 Å². The van der Waals surface area contributed by atoms with Crippen LogP contribution < -0.4 is 5.32 Å². The summed E-state index contributed by atoms with van der Waals surface area (Å²) >= 11 is 0. The number of rotatable bonds is 2. The molecule has 0 radical (unpaired) electrons. The third kappa shape index (κ3) is 2.03. The summed E-state index contributed by atoms with van der Waals surface area (Å²) in [6.07, 6.45) is 9.22. The molecule has 3 rings (SSSR count). The number of likely N-dealkylation sites (N-methyl/N-ethyl adjacent to an activating group) is 1. The molecule has 2 N–H and O–H groups in total. The third-order valence-corrected chi connectivity index (χ3v) is 3.87. The quantitative estimate of drug-likeness (QED) is 0.839. The van der Waals surface area contributed by atoms with Crippen molar-refractivity contribution in [1.82, 2.24) is 15.1 Å². The zero-order valence-corrected chi connectivity index (χ0v) is 11.1. The van der Waals surface area contributed by atoms with E-state index in [4.69, 9.17) is 0 Å². The summed E-state index contributed by atoms with van der Waals surface area (Å²) in [7, 11) is 2.11. The fraction of sp³-hybridized carbons (Fsp3) is 0.500. The minimum atomic E-state index is 0.956. The number of nitrogens with zero attached hydrogens (tertiary/aromatic N) is 2. The largest absolute Gasteiger partial charge is 0.374 e. The normalized spacial score (nSPS) is 19.1. The molecule has 0 atom stereocenters. The number of hydrogen-bond acceptors (Lipinski definition) is 3. The van der Waals surface area contributed by atoms with Crippen molar-refractivity contribution < 1.29 is 0 Å². The lowest BCUT2D eigenvalue weighted by Gasteiger charge is -2.23. The number of fused-ring (bicyclic) bond motifs is 1. The van der Waals surface area contributed by atoms with Gasteiger partial charge in [-0.15, -0.1) is 0 Å². The van der Waals surface area contributed by atoms with E-state index in [1.165, 1.54) is 29.8 Å². The Bertz CT molecular complexity index is 510. The van der Waals surface area contributed by atoms with Crippen LogP contribution in [0.4, 0.5) is 5.82 Å². The minimum absolute atomic E-state index is 0.956. The molecule has 1 aromatic rings. The second-order valence-corrected chi connectivity index (χ2v) is 5.19. The second kappa shape index (κ2) is 4.52. The number of anilines is 1. The predicted octanol–water partition coefficient (Wildman–Crippen LogP) is 2.43. The van der Waals surface area contributed by atoms with Crippen molar-refractivity contribution in [2.45, 2.75) is 32.6 Å². The summed E-state index contributed by atoms with van der Waals surface area (Å²) in [5.41, 5.74) is 5.14. The van der Waals surface area contributed by atoms with Crippen LogP contribution in [0, 0.1) is 0 Å². The van der Waals surface area contributed by atoms with Gasteiger partial charge < -0.3 is 10.2 Å². The molecule has 0 bridgehead atoms. The molecule has 1 aliphatic heterocycles. The molecule has 4 nitrogen and oxygen atoms in total. The number of aromatic nitrogens is 2. The van der Waals surface area contributed by atoms with E-state index in [1.807, 2.05) is 0 Å². The van der Waals surface area contributed by atoms with Crippen molar-refractivity contribution >= 4 is 5.82 Å². The molecule has 0 fully saturated rings. The second-order valence-electron chi connectivity index (χ2n) is 5.19. The Kier molecular flexibility index (Phi) is 2.86. The summed E-state index contributed by atoms with van der Waals surface area (Å²) in [5.74, 6) is 1.02.